The van der Waals surface area contributed by atoms with Crippen LogP contribution in [0.25, 0.3) is 22.3 Å². The summed E-state index contributed by atoms with van der Waals surface area (Å²) in [6.07, 6.45) is -0.411. The Kier molecular flexibility index (Phi) is 6.78. The van der Waals surface area contributed by atoms with Crippen LogP contribution in [0, 0.1) is 12.8 Å². The molecule has 5 rings (SSSR count). The number of aryl methyl sites for hydroxylation is 1. The van der Waals surface area contributed by atoms with Crippen molar-refractivity contribution in [2.45, 2.75) is 51.7 Å². The van der Waals surface area contributed by atoms with Crippen molar-refractivity contribution in [2.75, 3.05) is 19.7 Å². The number of aromatic amines is 1. The van der Waals surface area contributed by atoms with E-state index in [2.05, 4.69) is 20.3 Å². The molecule has 2 N–H and O–H groups in total. The smallest absolute Gasteiger partial charge is 0.263 e. The zero-order valence-corrected chi connectivity index (χ0v) is 20.6. The van der Waals surface area contributed by atoms with E-state index >= 15 is 0 Å². The lowest BCUT2D eigenvalue weighted by Gasteiger charge is -2.16. The number of ether oxygens (including phenoxy) is 1. The Hall–Kier alpha value is -3.63. The highest BCUT2D eigenvalue weighted by molar-refractivity contribution is 6.09. The number of hydrogen-bond donors (Lipinski definition) is 2. The molecule has 2 fully saturated rings. The Morgan fingerprint density at radius 3 is 2.73 bits per heavy atom. The molecule has 1 saturated heterocycles. The summed E-state index contributed by atoms with van der Waals surface area (Å²) in [5.74, 6) is 0.153. The number of benzene rings is 1. The number of fused-ring (bicyclic) bond motifs is 1. The van der Waals surface area contributed by atoms with Crippen molar-refractivity contribution in [3.05, 3.63) is 41.3 Å². The van der Waals surface area contributed by atoms with Gasteiger partial charge in [0.05, 0.1) is 30.3 Å². The van der Waals surface area contributed by atoms with Crippen LogP contribution >= 0.6 is 0 Å². The Labute approximate surface area is 211 Å². The molecule has 2 aromatic heterocycles. The molecule has 0 radical (unpaired) electrons. The average Bonchev–Trinajstić information content (AvgIpc) is 3.55. The van der Waals surface area contributed by atoms with Crippen LogP contribution in [0.5, 0.6) is 5.75 Å². The van der Waals surface area contributed by atoms with Gasteiger partial charge in [0, 0.05) is 29.8 Å². The molecule has 2 aliphatic rings. The molecule has 1 aliphatic carbocycles. The molecule has 1 aromatic carbocycles. The summed E-state index contributed by atoms with van der Waals surface area (Å²) in [5.41, 5.74) is 1.86. The fourth-order valence-electron chi connectivity index (χ4n) is 4.66. The quantitative estimate of drug-likeness (QED) is 0.465. The van der Waals surface area contributed by atoms with Crippen molar-refractivity contribution in [3.8, 4) is 17.0 Å². The van der Waals surface area contributed by atoms with E-state index in [1.165, 1.54) is 29.4 Å². The monoisotopic (exact) mass is 515 g/mol. The van der Waals surface area contributed by atoms with Gasteiger partial charge < -0.3 is 19.9 Å². The summed E-state index contributed by atoms with van der Waals surface area (Å²) >= 11 is 0. The van der Waals surface area contributed by atoms with Gasteiger partial charge in [0.1, 0.15) is 29.5 Å². The minimum Gasteiger partial charge on any atom is -0.493 e. The van der Waals surface area contributed by atoms with Crippen LogP contribution in [0.3, 0.4) is 0 Å². The number of nitrogens with one attached hydrogen (secondary N) is 2. The van der Waals surface area contributed by atoms with Crippen molar-refractivity contribution in [1.29, 1.82) is 0 Å². The number of halogens is 3. The summed E-state index contributed by atoms with van der Waals surface area (Å²) in [4.78, 5) is 38.4. The van der Waals surface area contributed by atoms with Crippen LogP contribution in [0.1, 0.15) is 54.2 Å². The van der Waals surface area contributed by atoms with E-state index in [0.29, 0.717) is 40.7 Å². The maximum absolute atomic E-state index is 14.6. The van der Waals surface area contributed by atoms with E-state index in [-0.39, 0.29) is 42.1 Å². The molecule has 1 saturated carbocycles. The lowest BCUT2D eigenvalue weighted by molar-refractivity contribution is -0.130. The van der Waals surface area contributed by atoms with E-state index in [9.17, 15) is 22.8 Å². The highest BCUT2D eigenvalue weighted by Crippen LogP contribution is 2.38. The Morgan fingerprint density at radius 2 is 2.03 bits per heavy atom. The number of likely N-dealkylation sites (tertiary alicyclic amines) is 1. The topological polar surface area (TPSA) is 100 Å². The second-order valence-electron chi connectivity index (χ2n) is 9.63. The van der Waals surface area contributed by atoms with Crippen LogP contribution < -0.4 is 10.1 Å². The number of H-pyrrole nitrogens is 1. The van der Waals surface area contributed by atoms with Gasteiger partial charge in [-0.1, -0.05) is 6.92 Å². The normalized spacial score (nSPS) is 19.6. The maximum atomic E-state index is 14.6. The second-order valence-corrected chi connectivity index (χ2v) is 9.63. The first kappa shape index (κ1) is 25.0. The van der Waals surface area contributed by atoms with E-state index in [1.807, 2.05) is 0 Å². The van der Waals surface area contributed by atoms with Crippen LogP contribution in [0.15, 0.2) is 24.5 Å². The molecule has 2 amide bonds. The van der Waals surface area contributed by atoms with E-state index in [1.54, 1.807) is 13.8 Å². The van der Waals surface area contributed by atoms with Gasteiger partial charge in [-0.05, 0) is 43.9 Å². The SMILES string of the molecule is CCC(=O)N1C[C@@H](F)[C@H](NC(=O)c2c(C)[nH]c3c(-c4cc(C(F)F)ccc4OCC4CC4)ncnc23)C1. The predicted octanol–water partition coefficient (Wildman–Crippen LogP) is 4.35. The fraction of sp³-hybridized carbons (Fsp3) is 0.462. The van der Waals surface area contributed by atoms with Crippen molar-refractivity contribution in [3.63, 3.8) is 0 Å². The summed E-state index contributed by atoms with van der Waals surface area (Å²) in [6.45, 7) is 3.88. The number of rotatable bonds is 8. The van der Waals surface area contributed by atoms with E-state index in [0.717, 1.165) is 12.8 Å². The molecule has 196 valence electrons. The molecule has 3 aromatic rings. The standard InChI is InChI=1S/C26H28F3N5O3/c1-3-20(35)34-9-17(27)18(10-34)33-26(36)21-13(2)32-24-22(30-12-31-23(21)24)16-8-15(25(28)29)6-7-19(16)37-11-14-4-5-14/h6-8,12,14,17-18,25,32H,3-5,9-11H2,1-2H3,(H,33,36)/t17-,18-/m1/s1. The summed E-state index contributed by atoms with van der Waals surface area (Å²) in [5, 5.41) is 2.70. The molecule has 1 aliphatic heterocycles. The van der Waals surface area contributed by atoms with Crippen molar-refractivity contribution < 1.29 is 27.5 Å². The average molecular weight is 516 g/mol. The molecule has 0 bridgehead atoms. The second kappa shape index (κ2) is 10.0. The van der Waals surface area contributed by atoms with Gasteiger partial charge in [-0.25, -0.2) is 23.1 Å². The molecule has 0 spiro atoms. The minimum atomic E-state index is -2.68. The third-order valence-electron chi connectivity index (χ3n) is 6.90. The van der Waals surface area contributed by atoms with Crippen LogP contribution in [-0.2, 0) is 4.79 Å². The van der Waals surface area contributed by atoms with Gasteiger partial charge in [-0.3, -0.25) is 9.59 Å². The maximum Gasteiger partial charge on any atom is 0.263 e. The van der Waals surface area contributed by atoms with Crippen molar-refractivity contribution in [2.24, 2.45) is 5.92 Å². The van der Waals surface area contributed by atoms with Gasteiger partial charge in [-0.2, -0.15) is 0 Å². The molecule has 3 heterocycles. The Morgan fingerprint density at radius 1 is 1.24 bits per heavy atom. The zero-order valence-electron chi connectivity index (χ0n) is 20.6. The number of aromatic nitrogens is 3. The molecular formula is C26H28F3N5O3. The fourth-order valence-corrected chi connectivity index (χ4v) is 4.66. The minimum absolute atomic E-state index is 0.0685. The molecule has 2 atom stereocenters. The molecular weight excluding hydrogens is 487 g/mol. The summed E-state index contributed by atoms with van der Waals surface area (Å²) < 4.78 is 47.6. The first-order valence-corrected chi connectivity index (χ1v) is 12.4. The largest absolute Gasteiger partial charge is 0.493 e. The first-order valence-electron chi connectivity index (χ1n) is 12.4. The highest BCUT2D eigenvalue weighted by Gasteiger charge is 2.36. The van der Waals surface area contributed by atoms with Crippen LogP contribution in [0.4, 0.5) is 13.2 Å². The predicted molar refractivity (Wildman–Crippen MR) is 130 cm³/mol. The molecule has 0 unspecified atom stereocenters. The number of nitrogens with zero attached hydrogens (tertiary/aromatic N) is 3. The summed E-state index contributed by atoms with van der Waals surface area (Å²) in [6, 6.07) is 3.34. The third-order valence-corrected chi connectivity index (χ3v) is 6.90. The Bertz CT molecular complexity index is 1340. The van der Waals surface area contributed by atoms with Crippen LogP contribution in [0.2, 0.25) is 0 Å². The first-order chi connectivity index (χ1) is 17.8. The van der Waals surface area contributed by atoms with Crippen molar-refractivity contribution >= 4 is 22.8 Å². The number of amides is 2. The number of hydrogen-bond acceptors (Lipinski definition) is 5. The number of carbonyl (C=O) groups is 2. The van der Waals surface area contributed by atoms with Crippen molar-refractivity contribution in [1.82, 2.24) is 25.2 Å². The number of carbonyl (C=O) groups excluding carboxylic acids is 2. The van der Waals surface area contributed by atoms with E-state index in [4.69, 9.17) is 4.74 Å². The van der Waals surface area contributed by atoms with Gasteiger partial charge in [-0.15, -0.1) is 0 Å². The van der Waals surface area contributed by atoms with Gasteiger partial charge in [0.15, 0.2) is 0 Å². The summed E-state index contributed by atoms with van der Waals surface area (Å²) in [7, 11) is 0. The number of alkyl halides is 3. The van der Waals surface area contributed by atoms with Crippen LogP contribution in [-0.4, -0.2) is 63.6 Å². The molecule has 11 heteroatoms. The highest BCUT2D eigenvalue weighted by atomic mass is 19.3. The van der Waals surface area contributed by atoms with Gasteiger partial charge in [0.25, 0.3) is 12.3 Å². The third kappa shape index (κ3) is 4.99. The lowest BCUT2D eigenvalue weighted by Crippen LogP contribution is -2.42. The molecule has 8 nitrogen and oxygen atoms in total. The zero-order chi connectivity index (χ0) is 26.3. The Balaban J connectivity index is 1.48. The molecule has 37 heavy (non-hydrogen) atoms. The van der Waals surface area contributed by atoms with E-state index < -0.39 is 24.5 Å². The lowest BCUT2D eigenvalue weighted by atomic mass is 10.0. The van der Waals surface area contributed by atoms with Gasteiger partial charge in [0.2, 0.25) is 5.91 Å². The van der Waals surface area contributed by atoms with Gasteiger partial charge >= 0.3 is 0 Å².